The highest BCUT2D eigenvalue weighted by molar-refractivity contribution is 5.75. The summed E-state index contributed by atoms with van der Waals surface area (Å²) in [5.41, 5.74) is 6.19. The number of rotatable bonds is 5. The lowest BCUT2D eigenvalue weighted by atomic mass is 10.00. The number of methoxy groups -OCH3 is 1. The summed E-state index contributed by atoms with van der Waals surface area (Å²) in [6.07, 6.45) is 1.15. The van der Waals surface area contributed by atoms with E-state index < -0.39 is 0 Å². The molecule has 4 nitrogen and oxygen atoms in total. The predicted molar refractivity (Wildman–Crippen MR) is 72.6 cm³/mol. The van der Waals surface area contributed by atoms with Gasteiger partial charge in [-0.25, -0.2) is 5.01 Å². The average molecular weight is 250 g/mol. The fraction of sp³-hybridized carbons (Fsp3) is 0.500. The van der Waals surface area contributed by atoms with E-state index in [4.69, 9.17) is 4.74 Å². The van der Waals surface area contributed by atoms with Gasteiger partial charge in [0.05, 0.1) is 7.11 Å². The Labute approximate surface area is 109 Å². The molecule has 0 aliphatic carbocycles. The van der Waals surface area contributed by atoms with Crippen LogP contribution in [0.3, 0.4) is 0 Å². The van der Waals surface area contributed by atoms with E-state index in [1.807, 2.05) is 13.0 Å². The molecule has 1 N–H and O–H groups in total. The van der Waals surface area contributed by atoms with Gasteiger partial charge in [0.25, 0.3) is 0 Å². The molecule has 0 bridgehead atoms. The molecule has 0 atom stereocenters. The van der Waals surface area contributed by atoms with Gasteiger partial charge in [-0.15, -0.1) is 0 Å². The van der Waals surface area contributed by atoms with Crippen LogP contribution < -0.4 is 10.2 Å². The van der Waals surface area contributed by atoms with Gasteiger partial charge in [0.1, 0.15) is 5.75 Å². The van der Waals surface area contributed by atoms with Crippen LogP contribution >= 0.6 is 0 Å². The van der Waals surface area contributed by atoms with Gasteiger partial charge in [0.15, 0.2) is 0 Å². The SMILES string of the molecule is COc1cc(C)cc(C)c1CCC(=O)NN(C)C. The first kappa shape index (κ1) is 14.5. The fourth-order valence-electron chi connectivity index (χ4n) is 2.00. The maximum Gasteiger partial charge on any atom is 0.234 e. The van der Waals surface area contributed by atoms with Crippen molar-refractivity contribution >= 4 is 5.91 Å². The van der Waals surface area contributed by atoms with Crippen molar-refractivity contribution in [2.24, 2.45) is 0 Å². The normalized spacial score (nSPS) is 10.6. The topological polar surface area (TPSA) is 41.6 Å². The molecule has 0 saturated heterocycles. The number of nitrogens with zero attached hydrogens (tertiary/aromatic N) is 1. The summed E-state index contributed by atoms with van der Waals surface area (Å²) in [4.78, 5) is 11.6. The van der Waals surface area contributed by atoms with Crippen LogP contribution in [0.2, 0.25) is 0 Å². The van der Waals surface area contributed by atoms with Crippen LogP contribution in [0.4, 0.5) is 0 Å². The lowest BCUT2D eigenvalue weighted by Gasteiger charge is -2.14. The highest BCUT2D eigenvalue weighted by Gasteiger charge is 2.10. The highest BCUT2D eigenvalue weighted by atomic mass is 16.5. The third-order valence-electron chi connectivity index (χ3n) is 2.75. The van der Waals surface area contributed by atoms with Crippen LogP contribution in [0.15, 0.2) is 12.1 Å². The van der Waals surface area contributed by atoms with E-state index in [2.05, 4.69) is 18.4 Å². The number of aryl methyl sites for hydroxylation is 2. The Morgan fingerprint density at radius 3 is 2.56 bits per heavy atom. The summed E-state index contributed by atoms with van der Waals surface area (Å²) in [6.45, 7) is 4.09. The van der Waals surface area contributed by atoms with Crippen molar-refractivity contribution in [3.8, 4) is 5.75 Å². The Balaban J connectivity index is 2.75. The van der Waals surface area contributed by atoms with Crippen LogP contribution in [0.5, 0.6) is 5.75 Å². The summed E-state index contributed by atoms with van der Waals surface area (Å²) >= 11 is 0. The average Bonchev–Trinajstić information content (AvgIpc) is 2.25. The minimum Gasteiger partial charge on any atom is -0.496 e. The number of hydrazine groups is 1. The van der Waals surface area contributed by atoms with Crippen LogP contribution in [-0.4, -0.2) is 32.1 Å². The number of ether oxygens (including phenoxy) is 1. The maximum absolute atomic E-state index is 11.6. The molecule has 0 fully saturated rings. The Morgan fingerprint density at radius 2 is 2.00 bits per heavy atom. The molecule has 1 aromatic carbocycles. The van der Waals surface area contributed by atoms with Crippen LogP contribution in [0.25, 0.3) is 0 Å². The second-order valence-corrected chi connectivity index (χ2v) is 4.69. The minimum atomic E-state index is 0.0158. The standard InChI is InChI=1S/C14H22N2O2/c1-10-8-11(2)12(13(9-10)18-5)6-7-14(17)15-16(3)4/h8-9H,6-7H2,1-5H3,(H,15,17). The van der Waals surface area contributed by atoms with E-state index in [-0.39, 0.29) is 5.91 Å². The Morgan fingerprint density at radius 1 is 1.33 bits per heavy atom. The molecule has 1 aromatic rings. The van der Waals surface area contributed by atoms with Gasteiger partial charge >= 0.3 is 0 Å². The van der Waals surface area contributed by atoms with Crippen molar-refractivity contribution in [3.05, 3.63) is 28.8 Å². The molecule has 1 amide bonds. The maximum atomic E-state index is 11.6. The van der Waals surface area contributed by atoms with Crippen molar-refractivity contribution in [2.75, 3.05) is 21.2 Å². The summed E-state index contributed by atoms with van der Waals surface area (Å²) < 4.78 is 5.38. The van der Waals surface area contributed by atoms with Gasteiger partial charge in [0, 0.05) is 20.5 Å². The van der Waals surface area contributed by atoms with Crippen molar-refractivity contribution in [1.29, 1.82) is 0 Å². The second-order valence-electron chi connectivity index (χ2n) is 4.69. The van der Waals surface area contributed by atoms with Crippen LogP contribution in [0, 0.1) is 13.8 Å². The minimum absolute atomic E-state index is 0.0158. The van der Waals surface area contributed by atoms with E-state index in [9.17, 15) is 4.79 Å². The van der Waals surface area contributed by atoms with Crippen molar-refractivity contribution in [3.63, 3.8) is 0 Å². The van der Waals surface area contributed by atoms with Crippen LogP contribution in [0.1, 0.15) is 23.1 Å². The zero-order valence-corrected chi connectivity index (χ0v) is 11.8. The molecule has 0 aliphatic rings. The zero-order valence-electron chi connectivity index (χ0n) is 11.8. The number of hydrogen-bond donors (Lipinski definition) is 1. The van der Waals surface area contributed by atoms with Gasteiger partial charge in [-0.2, -0.15) is 0 Å². The molecule has 0 aliphatic heterocycles. The molecule has 0 radical (unpaired) electrons. The second kappa shape index (κ2) is 6.40. The van der Waals surface area contributed by atoms with E-state index in [1.54, 1.807) is 26.2 Å². The fourth-order valence-corrected chi connectivity index (χ4v) is 2.00. The van der Waals surface area contributed by atoms with E-state index >= 15 is 0 Å². The molecule has 4 heteroatoms. The zero-order chi connectivity index (χ0) is 13.7. The quantitative estimate of drug-likeness (QED) is 0.811. The number of hydrogen-bond acceptors (Lipinski definition) is 3. The lowest BCUT2D eigenvalue weighted by molar-refractivity contribution is -0.124. The molecule has 0 heterocycles. The van der Waals surface area contributed by atoms with E-state index in [0.717, 1.165) is 11.3 Å². The number of amides is 1. The predicted octanol–water partition coefficient (Wildman–Crippen LogP) is 1.84. The van der Waals surface area contributed by atoms with E-state index in [1.165, 1.54) is 11.1 Å². The van der Waals surface area contributed by atoms with Gasteiger partial charge in [-0.05, 0) is 43.0 Å². The van der Waals surface area contributed by atoms with Gasteiger partial charge in [-0.3, -0.25) is 10.2 Å². The van der Waals surface area contributed by atoms with Crippen molar-refractivity contribution < 1.29 is 9.53 Å². The Kier molecular flexibility index (Phi) is 5.16. The van der Waals surface area contributed by atoms with Gasteiger partial charge < -0.3 is 4.74 Å². The van der Waals surface area contributed by atoms with E-state index in [0.29, 0.717) is 12.8 Å². The van der Waals surface area contributed by atoms with Crippen LogP contribution in [-0.2, 0) is 11.2 Å². The molecule has 0 unspecified atom stereocenters. The number of nitrogens with one attached hydrogen (secondary N) is 1. The largest absolute Gasteiger partial charge is 0.496 e. The smallest absolute Gasteiger partial charge is 0.234 e. The molecule has 100 valence electrons. The summed E-state index contributed by atoms with van der Waals surface area (Å²) in [5.74, 6) is 0.882. The molecule has 0 aromatic heterocycles. The molecule has 0 saturated carbocycles. The Bertz CT molecular complexity index is 428. The highest BCUT2D eigenvalue weighted by Crippen LogP contribution is 2.25. The van der Waals surface area contributed by atoms with Crippen molar-refractivity contribution in [1.82, 2.24) is 10.4 Å². The van der Waals surface area contributed by atoms with Gasteiger partial charge in [-0.1, -0.05) is 6.07 Å². The number of benzene rings is 1. The first-order valence-electron chi connectivity index (χ1n) is 6.05. The first-order valence-corrected chi connectivity index (χ1v) is 6.05. The molecule has 0 spiro atoms. The van der Waals surface area contributed by atoms with Crippen molar-refractivity contribution in [2.45, 2.75) is 26.7 Å². The molecule has 18 heavy (non-hydrogen) atoms. The molecular weight excluding hydrogens is 228 g/mol. The summed E-state index contributed by atoms with van der Waals surface area (Å²) in [7, 11) is 5.27. The Hall–Kier alpha value is -1.55. The molecule has 1 rings (SSSR count). The summed E-state index contributed by atoms with van der Waals surface area (Å²) in [5, 5.41) is 1.65. The number of carbonyl (C=O) groups is 1. The third kappa shape index (κ3) is 4.04. The summed E-state index contributed by atoms with van der Waals surface area (Å²) in [6, 6.07) is 4.12. The monoisotopic (exact) mass is 250 g/mol. The van der Waals surface area contributed by atoms with Gasteiger partial charge in [0.2, 0.25) is 5.91 Å². The molecular formula is C14H22N2O2. The third-order valence-corrected chi connectivity index (χ3v) is 2.75. The first-order chi connectivity index (χ1) is 8.43. The lowest BCUT2D eigenvalue weighted by Crippen LogP contribution is -2.36. The number of carbonyl (C=O) groups excluding carboxylic acids is 1.